The third-order valence-corrected chi connectivity index (χ3v) is 4.88. The lowest BCUT2D eigenvalue weighted by molar-refractivity contribution is -0.154. The van der Waals surface area contributed by atoms with Crippen molar-refractivity contribution in [2.45, 2.75) is 59.1 Å². The lowest BCUT2D eigenvalue weighted by Crippen LogP contribution is -2.43. The first-order valence-electron chi connectivity index (χ1n) is 9.45. The van der Waals surface area contributed by atoms with Crippen LogP contribution in [0.5, 0.6) is 0 Å². The molecule has 0 aromatic rings. The molecular weight excluding hydrogens is 368 g/mol. The predicted molar refractivity (Wildman–Crippen MR) is 98.2 cm³/mol. The van der Waals surface area contributed by atoms with Gasteiger partial charge in [-0.2, -0.15) is 0 Å². The second-order valence-electron chi connectivity index (χ2n) is 8.88. The average molecular weight is 398 g/mol. The van der Waals surface area contributed by atoms with E-state index in [2.05, 4.69) is 5.32 Å². The molecule has 1 saturated heterocycles. The lowest BCUT2D eigenvalue weighted by Gasteiger charge is -2.26. The van der Waals surface area contributed by atoms with Crippen LogP contribution in [0.25, 0.3) is 0 Å². The molecule has 0 spiro atoms. The average Bonchev–Trinajstić information content (AvgIpc) is 3.05. The minimum Gasteiger partial charge on any atom is -0.469 e. The van der Waals surface area contributed by atoms with Gasteiger partial charge in [0.1, 0.15) is 5.60 Å². The van der Waals surface area contributed by atoms with Gasteiger partial charge in [0, 0.05) is 12.6 Å². The van der Waals surface area contributed by atoms with Crippen molar-refractivity contribution in [2.24, 2.45) is 17.3 Å². The molecule has 28 heavy (non-hydrogen) atoms. The van der Waals surface area contributed by atoms with Gasteiger partial charge in [-0.15, -0.1) is 0 Å². The monoisotopic (exact) mass is 398 g/mol. The van der Waals surface area contributed by atoms with Crippen molar-refractivity contribution in [3.05, 3.63) is 0 Å². The number of nitrogens with zero attached hydrogens (tertiary/aromatic N) is 1. The van der Waals surface area contributed by atoms with Gasteiger partial charge in [-0.3, -0.25) is 9.59 Å². The van der Waals surface area contributed by atoms with Gasteiger partial charge in [-0.25, -0.2) is 14.5 Å². The molecule has 0 aromatic carbocycles. The summed E-state index contributed by atoms with van der Waals surface area (Å²) < 4.78 is 15.3. The van der Waals surface area contributed by atoms with Crippen molar-refractivity contribution >= 4 is 24.1 Å². The molecule has 3 unspecified atom stereocenters. The molecule has 158 valence electrons. The highest BCUT2D eigenvalue weighted by Gasteiger charge is 2.64. The molecule has 1 heterocycles. The van der Waals surface area contributed by atoms with E-state index in [0.29, 0.717) is 0 Å². The van der Waals surface area contributed by atoms with Crippen LogP contribution in [0, 0.1) is 17.3 Å². The second-order valence-corrected chi connectivity index (χ2v) is 8.88. The summed E-state index contributed by atoms with van der Waals surface area (Å²) in [5.74, 6) is -1.68. The Morgan fingerprint density at radius 1 is 1.29 bits per heavy atom. The molecule has 2 rings (SSSR count). The van der Waals surface area contributed by atoms with Crippen molar-refractivity contribution in [3.8, 4) is 0 Å². The van der Waals surface area contributed by atoms with Crippen LogP contribution < -0.4 is 5.32 Å². The van der Waals surface area contributed by atoms with Crippen molar-refractivity contribution < 1.29 is 33.4 Å². The highest BCUT2D eigenvalue weighted by Crippen LogP contribution is 2.50. The summed E-state index contributed by atoms with van der Waals surface area (Å²) in [6.07, 6.45) is -0.962. The molecule has 0 radical (unpaired) electrons. The number of likely N-dealkylation sites (tertiary alicyclic amines) is 1. The van der Waals surface area contributed by atoms with E-state index < -0.39 is 47.0 Å². The van der Waals surface area contributed by atoms with Crippen LogP contribution in [0.2, 0.25) is 0 Å². The summed E-state index contributed by atoms with van der Waals surface area (Å²) in [7, 11) is 1.24. The first-order valence-corrected chi connectivity index (χ1v) is 9.45. The number of imide groups is 1. The Balaban J connectivity index is 2.13. The molecule has 9 heteroatoms. The van der Waals surface area contributed by atoms with Crippen LogP contribution in [0.4, 0.5) is 9.59 Å². The minimum absolute atomic E-state index is 0.118. The van der Waals surface area contributed by atoms with E-state index in [-0.39, 0.29) is 31.9 Å². The fraction of sp³-hybridized carbons (Fsp3) is 0.789. The van der Waals surface area contributed by atoms with Gasteiger partial charge in [0.25, 0.3) is 0 Å². The first-order chi connectivity index (χ1) is 12.9. The number of alkyl carbamates (subject to hydrolysis) is 1. The van der Waals surface area contributed by atoms with E-state index >= 15 is 0 Å². The van der Waals surface area contributed by atoms with Gasteiger partial charge < -0.3 is 19.5 Å². The van der Waals surface area contributed by atoms with E-state index in [1.165, 1.54) is 7.11 Å². The summed E-state index contributed by atoms with van der Waals surface area (Å²) in [6.45, 7) is 9.07. The van der Waals surface area contributed by atoms with Gasteiger partial charge in [-0.1, -0.05) is 13.8 Å². The Hall–Kier alpha value is -2.32. The lowest BCUT2D eigenvalue weighted by atomic mass is 9.80. The summed E-state index contributed by atoms with van der Waals surface area (Å²) >= 11 is 0. The highest BCUT2D eigenvalue weighted by atomic mass is 16.6. The van der Waals surface area contributed by atoms with Gasteiger partial charge in [0.05, 0.1) is 25.0 Å². The number of amides is 3. The van der Waals surface area contributed by atoms with E-state index in [0.717, 1.165) is 4.90 Å². The largest absolute Gasteiger partial charge is 0.469 e. The highest BCUT2D eigenvalue weighted by molar-refractivity contribution is 6.01. The Morgan fingerprint density at radius 2 is 1.93 bits per heavy atom. The number of rotatable bonds is 4. The maximum absolute atomic E-state index is 12.8. The number of carbonyl (C=O) groups is 4. The van der Waals surface area contributed by atoms with Crippen LogP contribution in [0.3, 0.4) is 0 Å². The molecule has 2 fully saturated rings. The zero-order valence-electron chi connectivity index (χ0n) is 17.4. The number of hydrogen-bond acceptors (Lipinski definition) is 7. The van der Waals surface area contributed by atoms with Crippen LogP contribution in [-0.2, 0) is 23.8 Å². The van der Waals surface area contributed by atoms with E-state index in [1.807, 2.05) is 13.8 Å². The number of carbonyl (C=O) groups excluding carboxylic acids is 4. The molecule has 9 nitrogen and oxygen atoms in total. The number of fused-ring (bicyclic) bond motifs is 1. The third kappa shape index (κ3) is 4.56. The Kier molecular flexibility index (Phi) is 6.25. The Bertz CT molecular complexity index is 655. The van der Waals surface area contributed by atoms with Crippen molar-refractivity contribution in [1.29, 1.82) is 0 Å². The quantitative estimate of drug-likeness (QED) is 0.570. The van der Waals surface area contributed by atoms with Crippen LogP contribution >= 0.6 is 0 Å². The number of ether oxygens (including phenoxy) is 3. The maximum Gasteiger partial charge on any atom is 0.416 e. The summed E-state index contributed by atoms with van der Waals surface area (Å²) in [5.41, 5.74) is -1.85. The van der Waals surface area contributed by atoms with Gasteiger partial charge in [0.15, 0.2) is 0 Å². The zero-order valence-corrected chi connectivity index (χ0v) is 17.4. The molecule has 1 aliphatic carbocycles. The van der Waals surface area contributed by atoms with Crippen molar-refractivity contribution in [2.75, 3.05) is 20.3 Å². The smallest absolute Gasteiger partial charge is 0.416 e. The summed E-state index contributed by atoms with van der Waals surface area (Å²) in [6, 6.07) is -0.434. The molecule has 1 N–H and O–H groups in total. The molecule has 0 bridgehead atoms. The first kappa shape index (κ1) is 22.0. The van der Waals surface area contributed by atoms with E-state index in [1.54, 1.807) is 20.8 Å². The zero-order chi connectivity index (χ0) is 21.3. The van der Waals surface area contributed by atoms with Crippen molar-refractivity contribution in [3.63, 3.8) is 0 Å². The molecule has 1 saturated carbocycles. The topological polar surface area (TPSA) is 111 Å². The number of hydrogen-bond donors (Lipinski definition) is 1. The minimum atomic E-state index is -1.19. The fourth-order valence-corrected chi connectivity index (χ4v) is 3.78. The van der Waals surface area contributed by atoms with E-state index in [4.69, 9.17) is 14.2 Å². The standard InChI is InChI=1S/C19H30N2O7/c1-11(2)9-27-17(25)21-10-19(15(23)26-6)8-12(7-13(19)14(21)22)20-16(24)28-18(3,4)5/h11-13H,7-10H2,1-6H3,(H,20,24). The molecule has 1 aliphatic heterocycles. The van der Waals surface area contributed by atoms with Gasteiger partial charge >= 0.3 is 18.2 Å². The van der Waals surface area contributed by atoms with Gasteiger partial charge in [0.2, 0.25) is 5.91 Å². The molecular formula is C19H30N2O7. The number of methoxy groups -OCH3 is 1. The predicted octanol–water partition coefficient (Wildman–Crippen LogP) is 2.08. The van der Waals surface area contributed by atoms with Gasteiger partial charge in [-0.05, 0) is 39.5 Å². The second kappa shape index (κ2) is 7.97. The number of nitrogens with one attached hydrogen (secondary N) is 1. The molecule has 2 aliphatic rings. The van der Waals surface area contributed by atoms with Crippen LogP contribution in [0.15, 0.2) is 0 Å². The summed E-state index contributed by atoms with van der Waals surface area (Å²) in [4.78, 5) is 50.7. The van der Waals surface area contributed by atoms with Crippen LogP contribution in [-0.4, -0.2) is 60.9 Å². The molecule has 3 amide bonds. The fourth-order valence-electron chi connectivity index (χ4n) is 3.78. The van der Waals surface area contributed by atoms with Crippen molar-refractivity contribution in [1.82, 2.24) is 10.2 Å². The normalized spacial score (nSPS) is 26.8. The molecule has 0 aromatic heterocycles. The Morgan fingerprint density at radius 3 is 2.46 bits per heavy atom. The maximum atomic E-state index is 12.8. The number of esters is 1. The molecule has 3 atom stereocenters. The Labute approximate surface area is 165 Å². The van der Waals surface area contributed by atoms with E-state index in [9.17, 15) is 19.2 Å². The third-order valence-electron chi connectivity index (χ3n) is 4.88. The summed E-state index contributed by atoms with van der Waals surface area (Å²) in [5, 5.41) is 2.72. The SMILES string of the molecule is COC(=O)C12CC(NC(=O)OC(C)(C)C)CC1C(=O)N(C(=O)OCC(C)C)C2. The van der Waals surface area contributed by atoms with Crippen LogP contribution in [0.1, 0.15) is 47.5 Å².